The number of esters is 1. The molecule has 2 unspecified atom stereocenters. The van der Waals surface area contributed by atoms with Crippen molar-refractivity contribution in [2.45, 2.75) is 125 Å². The molecule has 0 radical (unpaired) electrons. The maximum absolute atomic E-state index is 14.7. The summed E-state index contributed by atoms with van der Waals surface area (Å²) in [5.41, 5.74) is 2.93. The molecule has 0 spiro atoms. The molecule has 1 aliphatic carbocycles. The molecule has 4 aromatic rings. The lowest BCUT2D eigenvalue weighted by molar-refractivity contribution is -0.940. The van der Waals surface area contributed by atoms with Crippen LogP contribution in [0.25, 0.3) is 0 Å². The molecule has 72 heavy (non-hydrogen) atoms. The molecule has 2 fully saturated rings. The average molecular weight is 1010 g/mol. The van der Waals surface area contributed by atoms with E-state index in [4.69, 9.17) is 14.2 Å². The summed E-state index contributed by atoms with van der Waals surface area (Å²) < 4.78 is 19.3. The van der Waals surface area contributed by atoms with Crippen LogP contribution in [0.15, 0.2) is 85.1 Å². The molecule has 16 heteroatoms. The molecule has 15 nitrogen and oxygen atoms in total. The molecule has 390 valence electrons. The van der Waals surface area contributed by atoms with E-state index in [9.17, 15) is 28.8 Å². The fourth-order valence-corrected chi connectivity index (χ4v) is 9.55. The smallest absolute Gasteiger partial charge is 0.308 e. The van der Waals surface area contributed by atoms with Crippen molar-refractivity contribution in [3.8, 4) is 11.5 Å². The highest BCUT2D eigenvalue weighted by Crippen LogP contribution is 2.47. The maximum atomic E-state index is 14.7. The number of quaternary nitrogens is 1. The quantitative estimate of drug-likeness (QED) is 0.0474. The van der Waals surface area contributed by atoms with E-state index in [1.54, 1.807) is 24.0 Å². The third-order valence-electron chi connectivity index (χ3n) is 13.7. The predicted molar refractivity (Wildman–Crippen MR) is 269 cm³/mol. The van der Waals surface area contributed by atoms with E-state index < -0.39 is 35.3 Å². The number of hydrogen-bond donors (Lipinski definition) is 2. The monoisotopic (exact) mass is 1010 g/mol. The van der Waals surface area contributed by atoms with Gasteiger partial charge in [-0.15, -0.1) is 5.10 Å². The van der Waals surface area contributed by atoms with Crippen molar-refractivity contribution in [1.82, 2.24) is 25.6 Å². The highest BCUT2D eigenvalue weighted by molar-refractivity contribution is 5.97. The van der Waals surface area contributed by atoms with Gasteiger partial charge in [0.15, 0.2) is 28.8 Å². The zero-order valence-electron chi connectivity index (χ0n) is 43.2. The van der Waals surface area contributed by atoms with Crippen LogP contribution in [0.3, 0.4) is 0 Å². The molecule has 2 amide bonds. The van der Waals surface area contributed by atoms with E-state index in [0.717, 1.165) is 29.5 Å². The molecule has 1 aliphatic heterocycles. The Kier molecular flexibility index (Phi) is 21.3. The lowest BCUT2D eigenvalue weighted by Crippen LogP contribution is -3.00. The molecular formula is C56H75ClN6O9. The number of aryl methyl sites for hydroxylation is 2. The van der Waals surface area contributed by atoms with E-state index in [2.05, 4.69) is 20.9 Å². The van der Waals surface area contributed by atoms with Gasteiger partial charge < -0.3 is 41.7 Å². The first-order chi connectivity index (χ1) is 33.9. The summed E-state index contributed by atoms with van der Waals surface area (Å²) in [5.74, 6) is -2.27. The molecule has 0 bridgehead atoms. The number of rotatable bonds is 28. The third kappa shape index (κ3) is 17.5. The molecule has 2 heterocycles. The number of carbonyl (C=O) groups is 6. The number of ketones is 3. The van der Waals surface area contributed by atoms with Crippen molar-refractivity contribution < 1.29 is 59.9 Å². The first-order valence-electron chi connectivity index (χ1n) is 25.4. The van der Waals surface area contributed by atoms with Gasteiger partial charge in [-0.05, 0) is 86.1 Å². The number of carbonyl (C=O) groups excluding carboxylic acids is 6. The molecule has 4 atom stereocenters. The Morgan fingerprint density at radius 1 is 0.778 bits per heavy atom. The number of morpholine rings is 1. The van der Waals surface area contributed by atoms with Crippen LogP contribution in [0.4, 0.5) is 0 Å². The summed E-state index contributed by atoms with van der Waals surface area (Å²) in [6.07, 6.45) is 5.20. The molecule has 1 aromatic heterocycles. The molecule has 1 saturated carbocycles. The van der Waals surface area contributed by atoms with Crippen molar-refractivity contribution in [3.63, 3.8) is 0 Å². The lowest BCUT2D eigenvalue weighted by Gasteiger charge is -2.41. The molecule has 2 N–H and O–H groups in total. The van der Waals surface area contributed by atoms with Gasteiger partial charge in [0.25, 0.3) is 0 Å². The van der Waals surface area contributed by atoms with Crippen LogP contribution in [0.2, 0.25) is 0 Å². The summed E-state index contributed by atoms with van der Waals surface area (Å²) in [4.78, 5) is 83.9. The van der Waals surface area contributed by atoms with Crippen molar-refractivity contribution in [3.05, 3.63) is 107 Å². The first kappa shape index (κ1) is 57.1. The van der Waals surface area contributed by atoms with Gasteiger partial charge >= 0.3 is 5.97 Å². The normalized spacial score (nSPS) is 16.3. The minimum absolute atomic E-state index is 0. The van der Waals surface area contributed by atoms with Crippen LogP contribution in [0, 0.1) is 29.1 Å². The van der Waals surface area contributed by atoms with Crippen LogP contribution >= 0.6 is 0 Å². The van der Waals surface area contributed by atoms with Gasteiger partial charge in [-0.2, -0.15) is 0 Å². The second-order valence-electron chi connectivity index (χ2n) is 21.1. The van der Waals surface area contributed by atoms with Crippen LogP contribution in [-0.2, 0) is 66.5 Å². The van der Waals surface area contributed by atoms with Crippen LogP contribution < -0.4 is 32.5 Å². The van der Waals surface area contributed by atoms with Crippen LogP contribution in [0.1, 0.15) is 109 Å². The van der Waals surface area contributed by atoms with Gasteiger partial charge in [-0.3, -0.25) is 33.4 Å². The Hall–Kier alpha value is -5.77. The van der Waals surface area contributed by atoms with Crippen LogP contribution in [0.5, 0.6) is 11.5 Å². The SMILES string of the molecule is CC(=O)Oc1ccc(C[N+]2(CC(=O)C[C@@H](CCc3ccccc3)C(=O)NC(CC(C)C)C(=O)C[C@@H](Cc3ccccc3)C(=O)NC(CC(C)C)C(=O)C3(C)CC3)CCOCC2)cc1OCc1cn(C)nn1.[Cl-]. The zero-order valence-corrected chi connectivity index (χ0v) is 44.0. The molecule has 3 aromatic carbocycles. The Balaban J connectivity index is 0.00000963. The van der Waals surface area contributed by atoms with Gasteiger partial charge in [0.05, 0.1) is 31.5 Å². The topological polar surface area (TPSA) is 185 Å². The van der Waals surface area contributed by atoms with Crippen LogP contribution in [-0.4, -0.2) is 99.5 Å². The number of aromatic nitrogens is 3. The Morgan fingerprint density at radius 3 is 1.99 bits per heavy atom. The molecular weight excluding hydrogens is 936 g/mol. The van der Waals surface area contributed by atoms with Crippen molar-refractivity contribution in [2.75, 3.05) is 32.8 Å². The minimum Gasteiger partial charge on any atom is -1.00 e. The first-order valence-corrected chi connectivity index (χ1v) is 25.4. The van der Waals surface area contributed by atoms with Gasteiger partial charge in [-0.1, -0.05) is 100 Å². The summed E-state index contributed by atoms with van der Waals surface area (Å²) in [6, 6.07) is 23.2. The fourth-order valence-electron chi connectivity index (χ4n) is 9.55. The maximum Gasteiger partial charge on any atom is 0.308 e. The average Bonchev–Trinajstić information content (AvgIpc) is 3.95. The summed E-state index contributed by atoms with van der Waals surface area (Å²) in [7, 11) is 1.76. The minimum atomic E-state index is -0.903. The molecule has 2 aliphatic rings. The van der Waals surface area contributed by atoms with Gasteiger partial charge in [0.1, 0.15) is 38.5 Å². The number of Topliss-reactive ketones (excluding diaryl/α,β-unsaturated/α-hetero) is 3. The summed E-state index contributed by atoms with van der Waals surface area (Å²) >= 11 is 0. The van der Waals surface area contributed by atoms with Crippen molar-refractivity contribution in [2.24, 2.45) is 36.1 Å². The van der Waals surface area contributed by atoms with Crippen molar-refractivity contribution >= 4 is 35.1 Å². The largest absolute Gasteiger partial charge is 1.00 e. The Bertz CT molecular complexity index is 2430. The number of nitrogens with zero attached hydrogens (tertiary/aromatic N) is 4. The number of ether oxygens (including phenoxy) is 3. The second kappa shape index (κ2) is 26.8. The summed E-state index contributed by atoms with van der Waals surface area (Å²) in [5, 5.41) is 14.3. The van der Waals surface area contributed by atoms with E-state index in [1.165, 1.54) is 6.92 Å². The number of benzene rings is 3. The highest BCUT2D eigenvalue weighted by Gasteiger charge is 2.48. The van der Waals surface area contributed by atoms with E-state index in [1.807, 2.05) is 107 Å². The fraction of sp³-hybridized carbons (Fsp3) is 0.536. The number of hydrogen-bond acceptors (Lipinski definition) is 11. The molecule has 1 saturated heterocycles. The second-order valence-corrected chi connectivity index (χ2v) is 21.1. The number of nitrogens with one attached hydrogen (secondary N) is 2. The number of amides is 2. The number of halogens is 1. The summed E-state index contributed by atoms with van der Waals surface area (Å²) in [6.45, 7) is 14.0. The Labute approximate surface area is 431 Å². The van der Waals surface area contributed by atoms with Gasteiger partial charge in [0, 0.05) is 49.6 Å². The van der Waals surface area contributed by atoms with E-state index >= 15 is 0 Å². The highest BCUT2D eigenvalue weighted by atomic mass is 35.5. The van der Waals surface area contributed by atoms with E-state index in [0.29, 0.717) is 74.5 Å². The predicted octanol–water partition coefficient (Wildman–Crippen LogP) is 4.13. The van der Waals surface area contributed by atoms with E-state index in [-0.39, 0.29) is 91.6 Å². The standard InChI is InChI=1S/C56H74N6O9.ClH/c1-38(2)28-48(50(65)33-45(30-42-16-12-9-13-17-42)55(68)58-49(29-39(3)4)53(66)56(6)22-23-56)57-54(67)44(20-18-41-14-10-8-11-15-41)32-47(64)36-62(24-26-69-27-25-62)35-43-19-21-51(71-40(5)63)52(31-43)70-37-46-34-61(7)60-59-46;/h8-17,19,21,31,34,38-39,44-45,48-49H,18,20,22-30,32-33,35-37H2,1-7H3,(H-,57,58,67,68);1H/t44-,45-,48?,49?;/m1./s1. The lowest BCUT2D eigenvalue weighted by atomic mass is 9.87. The Morgan fingerprint density at radius 2 is 1.39 bits per heavy atom. The zero-order chi connectivity index (χ0) is 51.1. The van der Waals surface area contributed by atoms with Crippen molar-refractivity contribution in [1.29, 1.82) is 0 Å². The van der Waals surface area contributed by atoms with Gasteiger partial charge in [0.2, 0.25) is 11.8 Å². The third-order valence-corrected chi connectivity index (χ3v) is 13.7. The van der Waals surface area contributed by atoms with Gasteiger partial charge in [-0.25, -0.2) is 0 Å². The molecule has 6 rings (SSSR count).